The number of halogens is 1. The topological polar surface area (TPSA) is 76.9 Å². The van der Waals surface area contributed by atoms with Gasteiger partial charge in [-0.3, -0.25) is 5.41 Å². The maximum absolute atomic E-state index is 7.51. The Bertz CT molecular complexity index is 990. The number of hydrogen-bond donors (Lipinski definition) is 2. The molecule has 2 aromatic carbocycles. The summed E-state index contributed by atoms with van der Waals surface area (Å²) in [4.78, 5) is 4.86. The molecule has 1 aliphatic rings. The molecule has 3 N–H and O–H groups in total. The van der Waals surface area contributed by atoms with Crippen LogP contribution in [0.2, 0.25) is 0 Å². The quantitative estimate of drug-likeness (QED) is 0.413. The van der Waals surface area contributed by atoms with Crippen LogP contribution in [0.25, 0.3) is 11.0 Å². The summed E-state index contributed by atoms with van der Waals surface area (Å²) in [6.07, 6.45) is 7.47. The van der Waals surface area contributed by atoms with E-state index < -0.39 is 0 Å². The molecular formula is C24H31ClN4O. The molecule has 0 spiro atoms. The van der Waals surface area contributed by atoms with Crippen LogP contribution < -0.4 is 5.73 Å². The van der Waals surface area contributed by atoms with Crippen LogP contribution in [0.3, 0.4) is 0 Å². The smallest absolute Gasteiger partial charge is 0.122 e. The minimum absolute atomic E-state index is 0. The Morgan fingerprint density at radius 1 is 1.10 bits per heavy atom. The molecule has 0 amide bonds. The fourth-order valence-electron chi connectivity index (χ4n) is 4.23. The van der Waals surface area contributed by atoms with Gasteiger partial charge in [-0.15, -0.1) is 12.4 Å². The van der Waals surface area contributed by atoms with Gasteiger partial charge in [-0.1, -0.05) is 49.6 Å². The van der Waals surface area contributed by atoms with Crippen LogP contribution in [0.4, 0.5) is 0 Å². The van der Waals surface area contributed by atoms with Gasteiger partial charge in [-0.05, 0) is 42.0 Å². The second-order valence-electron chi connectivity index (χ2n) is 8.22. The zero-order valence-corrected chi connectivity index (χ0v) is 18.4. The number of rotatable bonds is 7. The van der Waals surface area contributed by atoms with Gasteiger partial charge in [0, 0.05) is 25.6 Å². The first-order chi connectivity index (χ1) is 14.1. The fourth-order valence-corrected chi connectivity index (χ4v) is 4.23. The number of nitrogen functional groups attached to an aromatic ring is 1. The predicted octanol–water partition coefficient (Wildman–Crippen LogP) is 4.97. The van der Waals surface area contributed by atoms with E-state index in [1.807, 2.05) is 24.3 Å². The molecule has 0 atom stereocenters. The van der Waals surface area contributed by atoms with E-state index >= 15 is 0 Å². The largest absolute Gasteiger partial charge is 0.384 e. The number of aromatic nitrogens is 2. The molecule has 0 saturated heterocycles. The molecule has 5 nitrogen and oxygen atoms in total. The second kappa shape index (κ2) is 10.1. The van der Waals surface area contributed by atoms with Crippen molar-refractivity contribution >= 4 is 29.3 Å². The first-order valence-corrected chi connectivity index (χ1v) is 10.6. The average molecular weight is 427 g/mol. The molecule has 1 heterocycles. The molecule has 1 aliphatic carbocycles. The van der Waals surface area contributed by atoms with E-state index in [4.69, 9.17) is 20.9 Å². The number of amidine groups is 1. The molecule has 4 rings (SSSR count). The summed E-state index contributed by atoms with van der Waals surface area (Å²) in [6.45, 7) is 1.53. The Labute approximate surface area is 184 Å². The number of fused-ring (bicyclic) bond motifs is 1. The van der Waals surface area contributed by atoms with Gasteiger partial charge in [0.2, 0.25) is 0 Å². The van der Waals surface area contributed by atoms with Gasteiger partial charge < -0.3 is 15.0 Å². The van der Waals surface area contributed by atoms with E-state index in [-0.39, 0.29) is 18.2 Å². The normalized spacial score (nSPS) is 14.6. The minimum atomic E-state index is 0. The predicted molar refractivity (Wildman–Crippen MR) is 124 cm³/mol. The molecule has 1 fully saturated rings. The van der Waals surface area contributed by atoms with E-state index in [0.29, 0.717) is 6.61 Å². The molecular weight excluding hydrogens is 396 g/mol. The first kappa shape index (κ1) is 22.3. The molecule has 160 valence electrons. The Kier molecular flexibility index (Phi) is 7.51. The lowest BCUT2D eigenvalue weighted by Gasteiger charge is -2.21. The summed E-state index contributed by atoms with van der Waals surface area (Å²) < 4.78 is 8.16. The molecule has 30 heavy (non-hydrogen) atoms. The van der Waals surface area contributed by atoms with E-state index in [2.05, 4.69) is 29.8 Å². The van der Waals surface area contributed by atoms with Crippen molar-refractivity contribution in [3.05, 3.63) is 65.0 Å². The van der Waals surface area contributed by atoms with Crippen molar-refractivity contribution < 1.29 is 4.74 Å². The Hall–Kier alpha value is -2.37. The minimum Gasteiger partial charge on any atom is -0.384 e. The summed E-state index contributed by atoms with van der Waals surface area (Å²) in [6, 6.07) is 14.3. The average Bonchev–Trinajstić information content (AvgIpc) is 3.04. The van der Waals surface area contributed by atoms with Gasteiger partial charge >= 0.3 is 0 Å². The number of nitrogens with zero attached hydrogens (tertiary/aromatic N) is 2. The van der Waals surface area contributed by atoms with Gasteiger partial charge in [0.1, 0.15) is 11.7 Å². The number of imidazole rings is 1. The highest BCUT2D eigenvalue weighted by Gasteiger charge is 2.14. The summed E-state index contributed by atoms with van der Waals surface area (Å²) in [5.41, 5.74) is 10.8. The molecule has 0 bridgehead atoms. The SMILES string of the molecule is Cl.Cn1c(Cc2ccc(C(=N)N)cc2)nc2cc(COCC3CCCCC3)ccc21. The van der Waals surface area contributed by atoms with Gasteiger partial charge in [0.15, 0.2) is 0 Å². The lowest BCUT2D eigenvalue weighted by molar-refractivity contribution is 0.0740. The van der Waals surface area contributed by atoms with Crippen LogP contribution in [0.1, 0.15) is 54.6 Å². The highest BCUT2D eigenvalue weighted by atomic mass is 35.5. The van der Waals surface area contributed by atoms with Crippen molar-refractivity contribution in [1.82, 2.24) is 9.55 Å². The molecule has 1 aromatic heterocycles. The van der Waals surface area contributed by atoms with Crippen LogP contribution in [0.15, 0.2) is 42.5 Å². The van der Waals surface area contributed by atoms with Crippen molar-refractivity contribution in [2.45, 2.75) is 45.1 Å². The lowest BCUT2D eigenvalue weighted by atomic mass is 9.90. The third-order valence-electron chi connectivity index (χ3n) is 6.01. The number of nitrogens with two attached hydrogens (primary N) is 1. The molecule has 0 radical (unpaired) electrons. The summed E-state index contributed by atoms with van der Waals surface area (Å²) in [5, 5.41) is 7.51. The summed E-state index contributed by atoms with van der Waals surface area (Å²) in [7, 11) is 2.06. The van der Waals surface area contributed by atoms with Crippen molar-refractivity contribution in [3.8, 4) is 0 Å². The van der Waals surface area contributed by atoms with E-state index in [0.717, 1.165) is 46.9 Å². The number of benzene rings is 2. The van der Waals surface area contributed by atoms with Crippen LogP contribution in [0, 0.1) is 11.3 Å². The molecule has 3 aromatic rings. The van der Waals surface area contributed by atoms with E-state index in [9.17, 15) is 0 Å². The number of hydrogen-bond acceptors (Lipinski definition) is 3. The Morgan fingerprint density at radius 2 is 1.80 bits per heavy atom. The number of ether oxygens (including phenoxy) is 1. The molecule has 0 unspecified atom stereocenters. The standard InChI is InChI=1S/C24H30N4O.ClH/c1-28-22-12-9-19(16-29-15-18-5-3-2-4-6-18)13-21(22)27-23(28)14-17-7-10-20(11-8-17)24(25)26;/h7-13,18H,2-6,14-16H2,1H3,(H3,25,26);1H. The van der Waals surface area contributed by atoms with Crippen LogP contribution in [0.5, 0.6) is 0 Å². The van der Waals surface area contributed by atoms with Crippen molar-refractivity contribution in [1.29, 1.82) is 5.41 Å². The van der Waals surface area contributed by atoms with E-state index in [1.165, 1.54) is 37.7 Å². The maximum Gasteiger partial charge on any atom is 0.122 e. The van der Waals surface area contributed by atoms with Gasteiger partial charge in [0.05, 0.1) is 17.6 Å². The zero-order chi connectivity index (χ0) is 20.2. The molecule has 6 heteroatoms. The van der Waals surface area contributed by atoms with Crippen molar-refractivity contribution in [3.63, 3.8) is 0 Å². The summed E-state index contributed by atoms with van der Waals surface area (Å²) in [5.74, 6) is 1.86. The number of nitrogens with one attached hydrogen (secondary N) is 1. The third-order valence-corrected chi connectivity index (χ3v) is 6.01. The maximum atomic E-state index is 7.51. The first-order valence-electron chi connectivity index (χ1n) is 10.6. The van der Waals surface area contributed by atoms with Crippen LogP contribution >= 0.6 is 12.4 Å². The van der Waals surface area contributed by atoms with Crippen molar-refractivity contribution in [2.75, 3.05) is 6.61 Å². The van der Waals surface area contributed by atoms with Crippen LogP contribution in [-0.2, 0) is 24.8 Å². The third kappa shape index (κ3) is 5.21. The lowest BCUT2D eigenvalue weighted by Crippen LogP contribution is -2.13. The molecule has 0 aliphatic heterocycles. The Balaban J connectivity index is 0.00000256. The van der Waals surface area contributed by atoms with Crippen molar-refractivity contribution in [2.24, 2.45) is 18.7 Å². The number of aryl methyl sites for hydroxylation is 1. The summed E-state index contributed by atoms with van der Waals surface area (Å²) >= 11 is 0. The monoisotopic (exact) mass is 426 g/mol. The van der Waals surface area contributed by atoms with E-state index in [1.54, 1.807) is 0 Å². The van der Waals surface area contributed by atoms with Gasteiger partial charge in [-0.2, -0.15) is 0 Å². The zero-order valence-electron chi connectivity index (χ0n) is 17.6. The highest BCUT2D eigenvalue weighted by molar-refractivity contribution is 5.94. The second-order valence-corrected chi connectivity index (χ2v) is 8.22. The Morgan fingerprint density at radius 3 is 2.50 bits per heavy atom. The fraction of sp³-hybridized carbons (Fsp3) is 0.417. The van der Waals surface area contributed by atoms with Crippen LogP contribution in [-0.4, -0.2) is 22.0 Å². The highest BCUT2D eigenvalue weighted by Crippen LogP contribution is 2.24. The van der Waals surface area contributed by atoms with Gasteiger partial charge in [-0.25, -0.2) is 4.98 Å². The molecule has 1 saturated carbocycles. The van der Waals surface area contributed by atoms with Gasteiger partial charge in [0.25, 0.3) is 0 Å².